The number of rotatable bonds is 8. The standard InChI is InChI=1S/C25H27N3O3/c1-4-18-9-7-8-17(2)24(18)28-23(29)16-26-22-11-6-5-10-21(22)25(30)27-19-12-14-20(31-3)15-13-19/h5-15,26H,4,16H2,1-3H3,(H,27,30)(H,28,29). The number of anilines is 3. The Morgan fingerprint density at radius 2 is 1.65 bits per heavy atom. The zero-order valence-electron chi connectivity index (χ0n) is 18.0. The first-order chi connectivity index (χ1) is 15.0. The maximum absolute atomic E-state index is 12.8. The number of carbonyl (C=O) groups is 2. The van der Waals surface area contributed by atoms with Crippen molar-refractivity contribution in [2.24, 2.45) is 0 Å². The summed E-state index contributed by atoms with van der Waals surface area (Å²) in [6.45, 7) is 4.08. The molecule has 0 aliphatic carbocycles. The van der Waals surface area contributed by atoms with Gasteiger partial charge in [0, 0.05) is 17.1 Å². The molecule has 0 radical (unpaired) electrons. The Kier molecular flexibility index (Phi) is 7.27. The third-order valence-electron chi connectivity index (χ3n) is 4.96. The van der Waals surface area contributed by atoms with E-state index in [0.717, 1.165) is 23.2 Å². The van der Waals surface area contributed by atoms with Gasteiger partial charge < -0.3 is 20.7 Å². The van der Waals surface area contributed by atoms with Crippen molar-refractivity contribution in [2.75, 3.05) is 29.6 Å². The van der Waals surface area contributed by atoms with Crippen molar-refractivity contribution in [1.82, 2.24) is 0 Å². The molecule has 0 aliphatic rings. The van der Waals surface area contributed by atoms with Gasteiger partial charge in [-0.25, -0.2) is 0 Å². The van der Waals surface area contributed by atoms with Gasteiger partial charge in [-0.1, -0.05) is 37.3 Å². The molecule has 3 rings (SSSR count). The van der Waals surface area contributed by atoms with Gasteiger partial charge in [-0.3, -0.25) is 9.59 Å². The van der Waals surface area contributed by atoms with E-state index in [2.05, 4.69) is 22.9 Å². The molecule has 3 aromatic rings. The summed E-state index contributed by atoms with van der Waals surface area (Å²) in [4.78, 5) is 25.3. The highest BCUT2D eigenvalue weighted by atomic mass is 16.5. The first kappa shape index (κ1) is 21.9. The Hall–Kier alpha value is -3.80. The molecule has 0 saturated heterocycles. The number of amides is 2. The Morgan fingerprint density at radius 1 is 0.903 bits per heavy atom. The zero-order chi connectivity index (χ0) is 22.2. The number of para-hydroxylation sites is 2. The average Bonchev–Trinajstić information content (AvgIpc) is 2.79. The second-order valence-corrected chi connectivity index (χ2v) is 7.09. The van der Waals surface area contributed by atoms with Crippen molar-refractivity contribution < 1.29 is 14.3 Å². The number of methoxy groups -OCH3 is 1. The van der Waals surface area contributed by atoms with Crippen molar-refractivity contribution in [2.45, 2.75) is 20.3 Å². The fourth-order valence-electron chi connectivity index (χ4n) is 3.27. The second kappa shape index (κ2) is 10.3. The van der Waals surface area contributed by atoms with E-state index in [-0.39, 0.29) is 18.4 Å². The number of ether oxygens (including phenoxy) is 1. The monoisotopic (exact) mass is 417 g/mol. The van der Waals surface area contributed by atoms with Crippen LogP contribution in [0.3, 0.4) is 0 Å². The van der Waals surface area contributed by atoms with Crippen LogP contribution in [0.1, 0.15) is 28.4 Å². The lowest BCUT2D eigenvalue weighted by Crippen LogP contribution is -2.24. The minimum absolute atomic E-state index is 0.0460. The highest BCUT2D eigenvalue weighted by molar-refractivity contribution is 6.08. The summed E-state index contributed by atoms with van der Waals surface area (Å²) >= 11 is 0. The summed E-state index contributed by atoms with van der Waals surface area (Å²) in [6.07, 6.45) is 0.832. The normalized spacial score (nSPS) is 10.3. The summed E-state index contributed by atoms with van der Waals surface area (Å²) in [5, 5.41) is 8.93. The summed E-state index contributed by atoms with van der Waals surface area (Å²) in [5.74, 6) is 0.279. The number of hydrogen-bond donors (Lipinski definition) is 3. The smallest absolute Gasteiger partial charge is 0.257 e. The summed E-state index contributed by atoms with van der Waals surface area (Å²) in [6, 6.07) is 20.2. The molecular weight excluding hydrogens is 390 g/mol. The van der Waals surface area contributed by atoms with Gasteiger partial charge in [-0.2, -0.15) is 0 Å². The molecule has 0 bridgehead atoms. The minimum atomic E-state index is -0.263. The van der Waals surface area contributed by atoms with Crippen molar-refractivity contribution in [3.05, 3.63) is 83.4 Å². The van der Waals surface area contributed by atoms with Crippen molar-refractivity contribution in [3.8, 4) is 5.75 Å². The molecule has 0 fully saturated rings. The van der Waals surface area contributed by atoms with E-state index in [0.29, 0.717) is 22.7 Å². The van der Waals surface area contributed by atoms with Crippen LogP contribution in [0.5, 0.6) is 5.75 Å². The van der Waals surface area contributed by atoms with E-state index < -0.39 is 0 Å². The molecular formula is C25H27N3O3. The molecule has 6 nitrogen and oxygen atoms in total. The van der Waals surface area contributed by atoms with Crippen LogP contribution in [0, 0.1) is 6.92 Å². The molecule has 0 unspecified atom stereocenters. The molecule has 0 aromatic heterocycles. The number of benzene rings is 3. The Bertz CT molecular complexity index is 1060. The maximum atomic E-state index is 12.8. The van der Waals surface area contributed by atoms with Crippen LogP contribution < -0.4 is 20.7 Å². The maximum Gasteiger partial charge on any atom is 0.257 e. The van der Waals surface area contributed by atoms with Gasteiger partial charge in [0.25, 0.3) is 5.91 Å². The quantitative estimate of drug-likeness (QED) is 0.489. The highest BCUT2D eigenvalue weighted by Crippen LogP contribution is 2.22. The SMILES string of the molecule is CCc1cccc(C)c1NC(=O)CNc1ccccc1C(=O)Nc1ccc(OC)cc1. The molecule has 3 N–H and O–H groups in total. The molecule has 0 aliphatic heterocycles. The van der Waals surface area contributed by atoms with Gasteiger partial charge in [0.1, 0.15) is 5.75 Å². The Morgan fingerprint density at radius 3 is 2.35 bits per heavy atom. The van der Waals surface area contributed by atoms with Crippen molar-refractivity contribution in [3.63, 3.8) is 0 Å². The first-order valence-electron chi connectivity index (χ1n) is 10.2. The first-order valence-corrected chi connectivity index (χ1v) is 10.2. The lowest BCUT2D eigenvalue weighted by atomic mass is 10.1. The Balaban J connectivity index is 1.66. The van der Waals surface area contributed by atoms with Crippen molar-refractivity contribution in [1.29, 1.82) is 0 Å². The third-order valence-corrected chi connectivity index (χ3v) is 4.96. The largest absolute Gasteiger partial charge is 0.497 e. The van der Waals surface area contributed by atoms with Crippen LogP contribution in [-0.4, -0.2) is 25.5 Å². The molecule has 31 heavy (non-hydrogen) atoms. The Labute approximate surface area is 182 Å². The van der Waals surface area contributed by atoms with E-state index in [9.17, 15) is 9.59 Å². The summed E-state index contributed by atoms with van der Waals surface area (Å²) in [7, 11) is 1.59. The predicted octanol–water partition coefficient (Wildman–Crippen LogP) is 4.87. The summed E-state index contributed by atoms with van der Waals surface area (Å²) in [5.41, 5.74) is 4.66. The molecule has 160 valence electrons. The fourth-order valence-corrected chi connectivity index (χ4v) is 3.27. The molecule has 2 amide bonds. The molecule has 6 heteroatoms. The molecule has 0 atom stereocenters. The number of aryl methyl sites for hydroxylation is 2. The van der Waals surface area contributed by atoms with Gasteiger partial charge in [0.15, 0.2) is 0 Å². The lowest BCUT2D eigenvalue weighted by molar-refractivity contribution is -0.114. The van der Waals surface area contributed by atoms with E-state index in [1.807, 2.05) is 31.2 Å². The average molecular weight is 418 g/mol. The summed E-state index contributed by atoms with van der Waals surface area (Å²) < 4.78 is 5.14. The lowest BCUT2D eigenvalue weighted by Gasteiger charge is -2.15. The third kappa shape index (κ3) is 5.63. The van der Waals surface area contributed by atoms with Crippen molar-refractivity contribution >= 4 is 28.9 Å². The minimum Gasteiger partial charge on any atom is -0.497 e. The van der Waals surface area contributed by atoms with Crippen LogP contribution >= 0.6 is 0 Å². The molecule has 0 spiro atoms. The topological polar surface area (TPSA) is 79.5 Å². The van der Waals surface area contributed by atoms with E-state index in [1.54, 1.807) is 49.6 Å². The number of hydrogen-bond acceptors (Lipinski definition) is 4. The predicted molar refractivity (Wildman–Crippen MR) is 125 cm³/mol. The molecule has 0 saturated carbocycles. The van der Waals surface area contributed by atoms with Crippen LogP contribution in [0.4, 0.5) is 17.1 Å². The van der Waals surface area contributed by atoms with Gasteiger partial charge in [0.2, 0.25) is 5.91 Å². The second-order valence-electron chi connectivity index (χ2n) is 7.09. The van der Waals surface area contributed by atoms with Crippen LogP contribution in [0.2, 0.25) is 0 Å². The fraction of sp³-hybridized carbons (Fsp3) is 0.200. The molecule has 3 aromatic carbocycles. The highest BCUT2D eigenvalue weighted by Gasteiger charge is 2.13. The van der Waals surface area contributed by atoms with E-state index in [1.165, 1.54) is 0 Å². The van der Waals surface area contributed by atoms with Crippen LogP contribution in [0.25, 0.3) is 0 Å². The van der Waals surface area contributed by atoms with Crippen LogP contribution in [0.15, 0.2) is 66.7 Å². The zero-order valence-corrected chi connectivity index (χ0v) is 18.0. The number of carbonyl (C=O) groups excluding carboxylic acids is 2. The van der Waals surface area contributed by atoms with Crippen LogP contribution in [-0.2, 0) is 11.2 Å². The molecule has 0 heterocycles. The number of nitrogens with one attached hydrogen (secondary N) is 3. The van der Waals surface area contributed by atoms with Gasteiger partial charge in [-0.05, 0) is 60.9 Å². The van der Waals surface area contributed by atoms with E-state index in [4.69, 9.17) is 4.74 Å². The van der Waals surface area contributed by atoms with Gasteiger partial charge in [-0.15, -0.1) is 0 Å². The van der Waals surface area contributed by atoms with E-state index >= 15 is 0 Å². The van der Waals surface area contributed by atoms with Gasteiger partial charge in [0.05, 0.1) is 19.2 Å². The van der Waals surface area contributed by atoms with Gasteiger partial charge >= 0.3 is 0 Å².